The predicted octanol–water partition coefficient (Wildman–Crippen LogP) is 5.35. The van der Waals surface area contributed by atoms with Crippen LogP contribution in [0.1, 0.15) is 46.0 Å². The van der Waals surface area contributed by atoms with Crippen LogP contribution in [0.2, 0.25) is 0 Å². The molecule has 0 saturated carbocycles. The second kappa shape index (κ2) is 8.26. The Labute approximate surface area is 101 Å². The first-order chi connectivity index (χ1) is 7.83. The van der Waals surface area contributed by atoms with Crippen molar-refractivity contribution in [2.24, 2.45) is 0 Å². The number of hydrogen-bond donors (Lipinski definition) is 0. The standard InChI is InChI=1S/C12H19.BF4/c1-3-4-5-6-7-12-9-8-11(2)10-12;2-1(3,4)5/h8-10H,3-7H2,1-2H3;/q+1;-1. The van der Waals surface area contributed by atoms with E-state index in [4.69, 9.17) is 0 Å². The molecule has 0 radical (unpaired) electrons. The van der Waals surface area contributed by atoms with Crippen LogP contribution in [0.4, 0.5) is 17.3 Å². The van der Waals surface area contributed by atoms with E-state index in [1.54, 1.807) is 0 Å². The summed E-state index contributed by atoms with van der Waals surface area (Å²) in [6, 6.07) is 0. The molecule has 0 heterocycles. The molecule has 0 bridgehead atoms. The van der Waals surface area contributed by atoms with E-state index in [0.29, 0.717) is 0 Å². The maximum Gasteiger partial charge on any atom is 0.673 e. The van der Waals surface area contributed by atoms with Gasteiger partial charge in [-0.25, -0.2) is 0 Å². The quantitative estimate of drug-likeness (QED) is 0.267. The number of unbranched alkanes of at least 4 members (excludes halogenated alkanes) is 3. The third-order valence-corrected chi connectivity index (χ3v) is 2.29. The average molecular weight is 250 g/mol. The summed E-state index contributed by atoms with van der Waals surface area (Å²) in [5, 5.41) is 0. The van der Waals surface area contributed by atoms with Gasteiger partial charge < -0.3 is 17.3 Å². The fourth-order valence-electron chi connectivity index (χ4n) is 1.54. The largest absolute Gasteiger partial charge is 0.673 e. The fraction of sp³-hybridized carbons (Fsp3) is 0.583. The normalized spacial score (nSPS) is 14.5. The Bertz CT molecular complexity index is 250. The average Bonchev–Trinajstić information content (AvgIpc) is 2.56. The maximum absolute atomic E-state index is 9.75. The third-order valence-electron chi connectivity index (χ3n) is 2.29. The second-order valence-electron chi connectivity index (χ2n) is 4.10. The van der Waals surface area contributed by atoms with Crippen molar-refractivity contribution in [2.75, 3.05) is 0 Å². The number of rotatable bonds is 5. The van der Waals surface area contributed by atoms with Gasteiger partial charge in [0.05, 0.1) is 29.7 Å². The molecule has 5 heteroatoms. The molecule has 0 aromatic heterocycles. The first-order valence-electron chi connectivity index (χ1n) is 5.92. The minimum absolute atomic E-state index is 1.27. The fourth-order valence-corrected chi connectivity index (χ4v) is 1.54. The van der Waals surface area contributed by atoms with Crippen molar-refractivity contribution in [3.8, 4) is 0 Å². The Hall–Kier alpha value is -0.865. The van der Waals surface area contributed by atoms with E-state index >= 15 is 0 Å². The molecule has 0 nitrogen and oxygen atoms in total. The lowest BCUT2D eigenvalue weighted by Gasteiger charge is -1.94. The van der Waals surface area contributed by atoms with Crippen molar-refractivity contribution in [3.63, 3.8) is 0 Å². The van der Waals surface area contributed by atoms with Crippen molar-refractivity contribution in [1.29, 1.82) is 0 Å². The van der Waals surface area contributed by atoms with Crippen LogP contribution in [0.5, 0.6) is 0 Å². The molecule has 1 rings (SSSR count). The van der Waals surface area contributed by atoms with Gasteiger partial charge in [0, 0.05) is 13.3 Å². The van der Waals surface area contributed by atoms with E-state index in [-0.39, 0.29) is 0 Å². The van der Waals surface area contributed by atoms with Crippen LogP contribution in [-0.4, -0.2) is 7.25 Å². The van der Waals surface area contributed by atoms with Gasteiger partial charge in [-0.15, -0.1) is 0 Å². The van der Waals surface area contributed by atoms with E-state index in [2.05, 4.69) is 32.1 Å². The molecule has 0 N–H and O–H groups in total. The van der Waals surface area contributed by atoms with Gasteiger partial charge in [-0.3, -0.25) is 0 Å². The third kappa shape index (κ3) is 13.1. The van der Waals surface area contributed by atoms with Crippen molar-refractivity contribution < 1.29 is 17.3 Å². The van der Waals surface area contributed by atoms with Crippen LogP contribution < -0.4 is 0 Å². The van der Waals surface area contributed by atoms with E-state index in [1.165, 1.54) is 43.6 Å². The van der Waals surface area contributed by atoms with Gasteiger partial charge in [0.25, 0.3) is 0 Å². The van der Waals surface area contributed by atoms with E-state index in [9.17, 15) is 17.3 Å². The molecular formula is C12H19BF4. The Morgan fingerprint density at radius 1 is 1.12 bits per heavy atom. The lowest BCUT2D eigenvalue weighted by atomic mass is 10.1. The summed E-state index contributed by atoms with van der Waals surface area (Å²) in [5.41, 5.74) is 1.52. The van der Waals surface area contributed by atoms with E-state index < -0.39 is 7.25 Å². The highest BCUT2D eigenvalue weighted by Crippen LogP contribution is 2.21. The summed E-state index contributed by atoms with van der Waals surface area (Å²) in [6.45, 7) is 4.42. The SMILES string of the molecule is CCCCCCC1=C[C+](C)C=C1.F[B-](F)(F)F. The topological polar surface area (TPSA) is 0 Å². The van der Waals surface area contributed by atoms with Crippen molar-refractivity contribution in [1.82, 2.24) is 0 Å². The molecule has 0 fully saturated rings. The Kier molecular flexibility index (Phi) is 7.84. The summed E-state index contributed by atoms with van der Waals surface area (Å²) >= 11 is 0. The molecular weight excluding hydrogens is 231 g/mol. The lowest BCUT2D eigenvalue weighted by molar-refractivity contribution is 0.368. The smallest absolute Gasteiger partial charge is 0.418 e. The molecule has 0 saturated heterocycles. The minimum Gasteiger partial charge on any atom is -0.418 e. The summed E-state index contributed by atoms with van der Waals surface area (Å²) in [6.07, 6.45) is 13.5. The zero-order valence-electron chi connectivity index (χ0n) is 10.4. The Balaban J connectivity index is 0.000000437. The van der Waals surface area contributed by atoms with Gasteiger partial charge in [0.2, 0.25) is 0 Å². The molecule has 0 spiro atoms. The number of halogens is 4. The molecule has 1 aliphatic carbocycles. The summed E-state index contributed by atoms with van der Waals surface area (Å²) in [4.78, 5) is 0. The van der Waals surface area contributed by atoms with Gasteiger partial charge in [-0.05, 0) is 6.42 Å². The van der Waals surface area contributed by atoms with E-state index in [1.807, 2.05) is 0 Å². The van der Waals surface area contributed by atoms with Gasteiger partial charge in [0.15, 0.2) is 0 Å². The number of allylic oxidation sites excluding steroid dienone is 4. The second-order valence-corrected chi connectivity index (χ2v) is 4.10. The van der Waals surface area contributed by atoms with Crippen LogP contribution in [0.15, 0.2) is 23.8 Å². The lowest BCUT2D eigenvalue weighted by Crippen LogP contribution is -2.02. The Morgan fingerprint density at radius 2 is 1.71 bits per heavy atom. The Morgan fingerprint density at radius 3 is 2.12 bits per heavy atom. The molecule has 98 valence electrons. The van der Waals surface area contributed by atoms with Crippen LogP contribution in [-0.2, 0) is 0 Å². The first kappa shape index (κ1) is 16.1. The monoisotopic (exact) mass is 250 g/mol. The molecule has 0 aromatic carbocycles. The van der Waals surface area contributed by atoms with Gasteiger partial charge in [0.1, 0.15) is 0 Å². The van der Waals surface area contributed by atoms with Crippen molar-refractivity contribution in [2.45, 2.75) is 46.0 Å². The van der Waals surface area contributed by atoms with Crippen molar-refractivity contribution >= 4 is 7.25 Å². The molecule has 0 aromatic rings. The predicted molar refractivity (Wildman–Crippen MR) is 65.1 cm³/mol. The molecule has 17 heavy (non-hydrogen) atoms. The van der Waals surface area contributed by atoms with Gasteiger partial charge >= 0.3 is 7.25 Å². The first-order valence-corrected chi connectivity index (χ1v) is 5.92. The highest BCUT2D eigenvalue weighted by atomic mass is 19.5. The zero-order chi connectivity index (χ0) is 13.3. The molecule has 0 aliphatic heterocycles. The number of hydrogen-bond acceptors (Lipinski definition) is 0. The van der Waals surface area contributed by atoms with Crippen LogP contribution in [0, 0.1) is 5.92 Å². The highest BCUT2D eigenvalue weighted by molar-refractivity contribution is 6.50. The van der Waals surface area contributed by atoms with E-state index in [0.717, 1.165) is 0 Å². The molecule has 0 amide bonds. The van der Waals surface area contributed by atoms with Crippen LogP contribution in [0.25, 0.3) is 0 Å². The van der Waals surface area contributed by atoms with Gasteiger partial charge in [-0.1, -0.05) is 26.2 Å². The maximum atomic E-state index is 9.75. The summed E-state index contributed by atoms with van der Waals surface area (Å²) < 4.78 is 39.0. The summed E-state index contributed by atoms with van der Waals surface area (Å²) in [7, 11) is -6.00. The van der Waals surface area contributed by atoms with Crippen molar-refractivity contribution in [3.05, 3.63) is 29.7 Å². The molecule has 1 aliphatic rings. The van der Waals surface area contributed by atoms with Gasteiger partial charge in [-0.2, -0.15) is 0 Å². The summed E-state index contributed by atoms with van der Waals surface area (Å²) in [5.74, 6) is 1.40. The highest BCUT2D eigenvalue weighted by Gasteiger charge is 2.20. The van der Waals surface area contributed by atoms with Crippen LogP contribution in [0.3, 0.4) is 0 Å². The molecule has 0 unspecified atom stereocenters. The van der Waals surface area contributed by atoms with Crippen LogP contribution >= 0.6 is 0 Å². The zero-order valence-corrected chi connectivity index (χ0v) is 10.4. The minimum atomic E-state index is -6.00. The molecule has 0 atom stereocenters.